The smallest absolute Gasteiger partial charge is 0.129 e. The summed E-state index contributed by atoms with van der Waals surface area (Å²) < 4.78 is 26.5. The third kappa shape index (κ3) is 1.54. The van der Waals surface area contributed by atoms with Crippen molar-refractivity contribution in [2.45, 2.75) is 38.6 Å². The highest BCUT2D eigenvalue weighted by molar-refractivity contribution is 5.29. The van der Waals surface area contributed by atoms with E-state index in [1.54, 1.807) is 6.07 Å². The molecule has 0 saturated heterocycles. The molecule has 1 aliphatic rings. The standard InChI is InChI=1S/C13H17F2N/c1-3-13(2)10(7-12(13)16)9-5-4-8(14)6-11(9)15/h4-6,10,12H,3,7,16H2,1-2H3. The second-order valence-electron chi connectivity index (χ2n) is 4.92. The molecule has 2 rings (SSSR count). The highest BCUT2D eigenvalue weighted by Crippen LogP contribution is 2.54. The van der Waals surface area contributed by atoms with Crippen molar-refractivity contribution in [3.8, 4) is 0 Å². The molecule has 0 spiro atoms. The maximum Gasteiger partial charge on any atom is 0.129 e. The number of hydrogen-bond acceptors (Lipinski definition) is 1. The maximum atomic E-state index is 13.6. The molecule has 0 aliphatic heterocycles. The van der Waals surface area contributed by atoms with E-state index < -0.39 is 11.6 Å². The van der Waals surface area contributed by atoms with Crippen LogP contribution < -0.4 is 5.73 Å². The van der Waals surface area contributed by atoms with Crippen LogP contribution in [0, 0.1) is 17.0 Å². The first-order valence-electron chi connectivity index (χ1n) is 5.69. The van der Waals surface area contributed by atoms with Crippen molar-refractivity contribution >= 4 is 0 Å². The van der Waals surface area contributed by atoms with Gasteiger partial charge >= 0.3 is 0 Å². The molecule has 3 atom stereocenters. The lowest BCUT2D eigenvalue weighted by Gasteiger charge is -2.52. The Bertz CT molecular complexity index is 405. The van der Waals surface area contributed by atoms with Crippen molar-refractivity contribution in [1.29, 1.82) is 0 Å². The van der Waals surface area contributed by atoms with Crippen LogP contribution in [-0.4, -0.2) is 6.04 Å². The Morgan fingerprint density at radius 1 is 1.44 bits per heavy atom. The van der Waals surface area contributed by atoms with Gasteiger partial charge in [-0.2, -0.15) is 0 Å². The van der Waals surface area contributed by atoms with Crippen molar-refractivity contribution in [3.05, 3.63) is 35.4 Å². The fraction of sp³-hybridized carbons (Fsp3) is 0.538. The average Bonchev–Trinajstić information content (AvgIpc) is 2.26. The third-order valence-electron chi connectivity index (χ3n) is 4.23. The Hall–Kier alpha value is -0.960. The van der Waals surface area contributed by atoms with Gasteiger partial charge in [-0.05, 0) is 35.8 Å². The maximum absolute atomic E-state index is 13.6. The van der Waals surface area contributed by atoms with Crippen molar-refractivity contribution < 1.29 is 8.78 Å². The highest BCUT2D eigenvalue weighted by atomic mass is 19.1. The van der Waals surface area contributed by atoms with Crippen LogP contribution in [0.2, 0.25) is 0 Å². The first kappa shape index (κ1) is 11.5. The van der Waals surface area contributed by atoms with Crippen LogP contribution in [0.5, 0.6) is 0 Å². The summed E-state index contributed by atoms with van der Waals surface area (Å²) in [5.41, 5.74) is 6.53. The molecule has 0 radical (unpaired) electrons. The zero-order valence-corrected chi connectivity index (χ0v) is 9.63. The predicted molar refractivity (Wildman–Crippen MR) is 60.1 cm³/mol. The van der Waals surface area contributed by atoms with E-state index in [4.69, 9.17) is 5.73 Å². The SMILES string of the molecule is CCC1(C)C(N)CC1c1ccc(F)cc1F. The van der Waals surface area contributed by atoms with Gasteiger partial charge < -0.3 is 5.73 Å². The summed E-state index contributed by atoms with van der Waals surface area (Å²) >= 11 is 0. The van der Waals surface area contributed by atoms with E-state index in [2.05, 4.69) is 13.8 Å². The number of hydrogen-bond donors (Lipinski definition) is 1. The van der Waals surface area contributed by atoms with E-state index in [1.165, 1.54) is 6.07 Å². The molecule has 0 aromatic heterocycles. The van der Waals surface area contributed by atoms with Gasteiger partial charge in [-0.15, -0.1) is 0 Å². The Kier molecular flexibility index (Phi) is 2.74. The van der Waals surface area contributed by atoms with Crippen LogP contribution in [0.3, 0.4) is 0 Å². The minimum absolute atomic E-state index is 0.0569. The van der Waals surface area contributed by atoms with Crippen LogP contribution in [0.25, 0.3) is 0 Å². The molecule has 88 valence electrons. The highest BCUT2D eigenvalue weighted by Gasteiger charge is 2.49. The van der Waals surface area contributed by atoms with Crippen molar-refractivity contribution in [3.63, 3.8) is 0 Å². The van der Waals surface area contributed by atoms with Gasteiger partial charge in [0.05, 0.1) is 0 Å². The second-order valence-corrected chi connectivity index (χ2v) is 4.92. The van der Waals surface area contributed by atoms with Crippen LogP contribution in [0.15, 0.2) is 18.2 Å². The van der Waals surface area contributed by atoms with Gasteiger partial charge in [0.15, 0.2) is 0 Å². The van der Waals surface area contributed by atoms with Crippen LogP contribution in [0.4, 0.5) is 8.78 Å². The lowest BCUT2D eigenvalue weighted by atomic mass is 9.54. The normalized spacial score (nSPS) is 33.6. The van der Waals surface area contributed by atoms with Gasteiger partial charge in [0.2, 0.25) is 0 Å². The molecule has 0 amide bonds. The lowest BCUT2D eigenvalue weighted by molar-refractivity contribution is 0.0682. The molecule has 2 N–H and O–H groups in total. The minimum atomic E-state index is -0.525. The molecular weight excluding hydrogens is 208 g/mol. The van der Waals surface area contributed by atoms with Crippen LogP contribution in [0.1, 0.15) is 38.2 Å². The molecule has 1 saturated carbocycles. The van der Waals surface area contributed by atoms with Crippen molar-refractivity contribution in [2.75, 3.05) is 0 Å². The van der Waals surface area contributed by atoms with Gasteiger partial charge in [0.25, 0.3) is 0 Å². The van der Waals surface area contributed by atoms with Crippen LogP contribution in [-0.2, 0) is 0 Å². The third-order valence-corrected chi connectivity index (χ3v) is 4.23. The molecular formula is C13H17F2N. The molecule has 1 aromatic rings. The molecule has 3 heteroatoms. The molecule has 0 heterocycles. The number of nitrogens with two attached hydrogens (primary N) is 1. The van der Waals surface area contributed by atoms with E-state index in [0.29, 0.717) is 5.56 Å². The summed E-state index contributed by atoms with van der Waals surface area (Å²) in [6.07, 6.45) is 1.70. The predicted octanol–water partition coefficient (Wildman–Crippen LogP) is 3.20. The number of halogens is 2. The fourth-order valence-corrected chi connectivity index (χ4v) is 2.67. The Balaban J connectivity index is 2.33. The van der Waals surface area contributed by atoms with Crippen LogP contribution >= 0.6 is 0 Å². The molecule has 16 heavy (non-hydrogen) atoms. The first-order chi connectivity index (χ1) is 7.49. The molecule has 1 nitrogen and oxygen atoms in total. The summed E-state index contributed by atoms with van der Waals surface area (Å²) in [6, 6.07) is 3.94. The summed E-state index contributed by atoms with van der Waals surface area (Å²) in [7, 11) is 0. The zero-order valence-electron chi connectivity index (χ0n) is 9.63. The zero-order chi connectivity index (χ0) is 11.9. The number of rotatable bonds is 2. The molecule has 3 unspecified atom stereocenters. The summed E-state index contributed by atoms with van der Waals surface area (Å²) in [5.74, 6) is -0.854. The van der Waals surface area contributed by atoms with E-state index >= 15 is 0 Å². The summed E-state index contributed by atoms with van der Waals surface area (Å²) in [6.45, 7) is 4.14. The van der Waals surface area contributed by atoms with E-state index in [-0.39, 0.29) is 17.4 Å². The minimum Gasteiger partial charge on any atom is -0.327 e. The Morgan fingerprint density at radius 3 is 2.62 bits per heavy atom. The Labute approximate surface area is 94.7 Å². The van der Waals surface area contributed by atoms with Gasteiger partial charge in [0.1, 0.15) is 11.6 Å². The van der Waals surface area contributed by atoms with Gasteiger partial charge in [-0.3, -0.25) is 0 Å². The molecule has 1 aliphatic carbocycles. The van der Waals surface area contributed by atoms with Crippen molar-refractivity contribution in [1.82, 2.24) is 0 Å². The van der Waals surface area contributed by atoms with E-state index in [9.17, 15) is 8.78 Å². The number of benzene rings is 1. The largest absolute Gasteiger partial charge is 0.327 e. The van der Waals surface area contributed by atoms with E-state index in [1.807, 2.05) is 0 Å². The van der Waals surface area contributed by atoms with Crippen molar-refractivity contribution in [2.24, 2.45) is 11.1 Å². The molecule has 1 fully saturated rings. The average molecular weight is 225 g/mol. The summed E-state index contributed by atoms with van der Waals surface area (Å²) in [5, 5.41) is 0. The van der Waals surface area contributed by atoms with Gasteiger partial charge in [-0.1, -0.05) is 19.9 Å². The first-order valence-corrected chi connectivity index (χ1v) is 5.69. The Morgan fingerprint density at radius 2 is 2.12 bits per heavy atom. The molecule has 0 bridgehead atoms. The van der Waals surface area contributed by atoms with E-state index in [0.717, 1.165) is 18.9 Å². The fourth-order valence-electron chi connectivity index (χ4n) is 2.67. The quantitative estimate of drug-likeness (QED) is 0.821. The second kappa shape index (κ2) is 3.81. The van der Waals surface area contributed by atoms with Gasteiger partial charge in [0, 0.05) is 12.1 Å². The summed E-state index contributed by atoms with van der Waals surface area (Å²) in [4.78, 5) is 0. The topological polar surface area (TPSA) is 26.0 Å². The lowest BCUT2D eigenvalue weighted by Crippen LogP contribution is -2.54. The monoisotopic (exact) mass is 225 g/mol. The van der Waals surface area contributed by atoms with Gasteiger partial charge in [-0.25, -0.2) is 8.78 Å². The molecule has 1 aromatic carbocycles.